The second-order valence-electron chi connectivity index (χ2n) is 7.63. The van der Waals surface area contributed by atoms with Crippen molar-refractivity contribution in [3.8, 4) is 5.75 Å². The first-order chi connectivity index (χ1) is 13.6. The van der Waals surface area contributed by atoms with Crippen molar-refractivity contribution in [2.24, 2.45) is 5.92 Å². The SMILES string of the molecule is C[C@@H]1CCCN(Cc2ccc(CNC(=O)CCOc3cccc(F)c3)cc2)C1. The number of halogens is 1. The molecule has 1 amide bonds. The molecule has 2 aromatic carbocycles. The van der Waals surface area contributed by atoms with Crippen LogP contribution in [0, 0.1) is 11.7 Å². The van der Waals surface area contributed by atoms with Gasteiger partial charge < -0.3 is 10.1 Å². The molecule has 0 bridgehead atoms. The zero-order chi connectivity index (χ0) is 19.8. The highest BCUT2D eigenvalue weighted by molar-refractivity contribution is 5.76. The summed E-state index contributed by atoms with van der Waals surface area (Å²) in [7, 11) is 0. The first-order valence-corrected chi connectivity index (χ1v) is 10.0. The van der Waals surface area contributed by atoms with E-state index in [9.17, 15) is 9.18 Å². The molecule has 0 unspecified atom stereocenters. The molecule has 0 aromatic heterocycles. The molecular formula is C23H29FN2O2. The number of likely N-dealkylation sites (tertiary alicyclic amines) is 1. The lowest BCUT2D eigenvalue weighted by Crippen LogP contribution is -2.33. The average Bonchev–Trinajstić information content (AvgIpc) is 2.68. The van der Waals surface area contributed by atoms with E-state index in [-0.39, 0.29) is 24.8 Å². The fourth-order valence-electron chi connectivity index (χ4n) is 3.56. The van der Waals surface area contributed by atoms with Crippen LogP contribution in [-0.2, 0) is 17.9 Å². The molecule has 1 heterocycles. The Labute approximate surface area is 166 Å². The van der Waals surface area contributed by atoms with Crippen LogP contribution >= 0.6 is 0 Å². The van der Waals surface area contributed by atoms with Gasteiger partial charge in [0.2, 0.25) is 5.91 Å². The molecule has 0 aliphatic carbocycles. The quantitative estimate of drug-likeness (QED) is 0.744. The Morgan fingerprint density at radius 2 is 2.00 bits per heavy atom. The number of rotatable bonds is 8. The summed E-state index contributed by atoms with van der Waals surface area (Å²) in [6.07, 6.45) is 2.86. The van der Waals surface area contributed by atoms with E-state index in [0.29, 0.717) is 12.3 Å². The summed E-state index contributed by atoms with van der Waals surface area (Å²) < 4.78 is 18.5. The van der Waals surface area contributed by atoms with Gasteiger partial charge in [0.05, 0.1) is 13.0 Å². The number of benzene rings is 2. The lowest BCUT2D eigenvalue weighted by atomic mass is 9.99. The van der Waals surface area contributed by atoms with E-state index in [0.717, 1.165) is 18.0 Å². The van der Waals surface area contributed by atoms with Crippen molar-refractivity contribution >= 4 is 5.91 Å². The first-order valence-electron chi connectivity index (χ1n) is 10.0. The summed E-state index contributed by atoms with van der Waals surface area (Å²) in [6.45, 7) is 6.40. The molecule has 1 atom stereocenters. The Balaban J connectivity index is 1.36. The van der Waals surface area contributed by atoms with Crippen molar-refractivity contribution in [3.05, 3.63) is 65.5 Å². The van der Waals surface area contributed by atoms with E-state index in [1.807, 2.05) is 0 Å². The average molecular weight is 384 g/mol. The molecule has 1 fully saturated rings. The van der Waals surface area contributed by atoms with E-state index >= 15 is 0 Å². The smallest absolute Gasteiger partial charge is 0.223 e. The van der Waals surface area contributed by atoms with Crippen LogP contribution in [0.15, 0.2) is 48.5 Å². The van der Waals surface area contributed by atoms with Crippen LogP contribution in [0.2, 0.25) is 0 Å². The molecule has 4 nitrogen and oxygen atoms in total. The molecule has 3 rings (SSSR count). The van der Waals surface area contributed by atoms with E-state index in [1.54, 1.807) is 12.1 Å². The van der Waals surface area contributed by atoms with Crippen LogP contribution in [0.1, 0.15) is 37.3 Å². The Morgan fingerprint density at radius 3 is 2.75 bits per heavy atom. The summed E-state index contributed by atoms with van der Waals surface area (Å²) in [4.78, 5) is 14.5. The van der Waals surface area contributed by atoms with Crippen LogP contribution in [0.25, 0.3) is 0 Å². The van der Waals surface area contributed by atoms with Crippen LogP contribution < -0.4 is 10.1 Å². The van der Waals surface area contributed by atoms with Crippen molar-refractivity contribution in [1.29, 1.82) is 0 Å². The summed E-state index contributed by atoms with van der Waals surface area (Å²) in [5, 5.41) is 2.90. The van der Waals surface area contributed by atoms with Crippen molar-refractivity contribution in [2.75, 3.05) is 19.7 Å². The zero-order valence-electron chi connectivity index (χ0n) is 16.5. The van der Waals surface area contributed by atoms with E-state index in [4.69, 9.17) is 4.74 Å². The molecule has 2 aromatic rings. The minimum atomic E-state index is -0.347. The van der Waals surface area contributed by atoms with E-state index in [2.05, 4.69) is 41.4 Å². The van der Waals surface area contributed by atoms with Gasteiger partial charge in [-0.3, -0.25) is 9.69 Å². The molecule has 28 heavy (non-hydrogen) atoms. The third kappa shape index (κ3) is 6.64. The van der Waals surface area contributed by atoms with Gasteiger partial charge in [-0.15, -0.1) is 0 Å². The largest absolute Gasteiger partial charge is 0.493 e. The Hall–Kier alpha value is -2.40. The third-order valence-electron chi connectivity index (χ3n) is 5.05. The molecule has 1 N–H and O–H groups in total. The van der Waals surface area contributed by atoms with E-state index in [1.165, 1.54) is 43.6 Å². The predicted octanol–water partition coefficient (Wildman–Crippen LogP) is 4.14. The fraction of sp³-hybridized carbons (Fsp3) is 0.435. The molecule has 1 aliphatic heterocycles. The number of carbonyl (C=O) groups is 1. The van der Waals surface area contributed by atoms with Crippen molar-refractivity contribution in [2.45, 2.75) is 39.3 Å². The van der Waals surface area contributed by atoms with Gasteiger partial charge in [0.25, 0.3) is 0 Å². The molecular weight excluding hydrogens is 355 g/mol. The molecule has 5 heteroatoms. The highest BCUT2D eigenvalue weighted by atomic mass is 19.1. The second kappa shape index (κ2) is 10.2. The molecule has 1 saturated heterocycles. The van der Waals surface area contributed by atoms with Crippen LogP contribution in [0.5, 0.6) is 5.75 Å². The Bertz CT molecular complexity index is 763. The molecule has 1 aliphatic rings. The minimum Gasteiger partial charge on any atom is -0.493 e. The molecule has 0 spiro atoms. The number of hydrogen-bond donors (Lipinski definition) is 1. The summed E-state index contributed by atoms with van der Waals surface area (Å²) >= 11 is 0. The van der Waals surface area contributed by atoms with Gasteiger partial charge in [-0.25, -0.2) is 4.39 Å². The highest BCUT2D eigenvalue weighted by Crippen LogP contribution is 2.18. The second-order valence-corrected chi connectivity index (χ2v) is 7.63. The summed E-state index contributed by atoms with van der Waals surface area (Å²) in [5.74, 6) is 0.794. The number of hydrogen-bond acceptors (Lipinski definition) is 3. The normalized spacial score (nSPS) is 17.3. The minimum absolute atomic E-state index is 0.0808. The number of piperidine rings is 1. The van der Waals surface area contributed by atoms with Crippen molar-refractivity contribution in [3.63, 3.8) is 0 Å². The molecule has 0 saturated carbocycles. The lowest BCUT2D eigenvalue weighted by Gasteiger charge is -2.30. The number of ether oxygens (including phenoxy) is 1. The summed E-state index contributed by atoms with van der Waals surface area (Å²) in [6, 6.07) is 14.4. The third-order valence-corrected chi connectivity index (χ3v) is 5.05. The van der Waals surface area contributed by atoms with Crippen molar-refractivity contribution < 1.29 is 13.9 Å². The van der Waals surface area contributed by atoms with Gasteiger partial charge in [0.1, 0.15) is 11.6 Å². The Kier molecular flexibility index (Phi) is 7.43. The lowest BCUT2D eigenvalue weighted by molar-refractivity contribution is -0.121. The van der Waals surface area contributed by atoms with E-state index < -0.39 is 0 Å². The monoisotopic (exact) mass is 384 g/mol. The number of nitrogens with one attached hydrogen (secondary N) is 1. The predicted molar refractivity (Wildman–Crippen MR) is 108 cm³/mol. The highest BCUT2D eigenvalue weighted by Gasteiger charge is 2.16. The fourth-order valence-corrected chi connectivity index (χ4v) is 3.56. The zero-order valence-corrected chi connectivity index (χ0v) is 16.5. The summed E-state index contributed by atoms with van der Waals surface area (Å²) in [5.41, 5.74) is 2.39. The maximum absolute atomic E-state index is 13.1. The van der Waals surface area contributed by atoms with Gasteiger partial charge in [0.15, 0.2) is 0 Å². The first kappa shape index (κ1) is 20.3. The van der Waals surface area contributed by atoms with Crippen LogP contribution in [-0.4, -0.2) is 30.5 Å². The molecule has 0 radical (unpaired) electrons. The van der Waals surface area contributed by atoms with Crippen molar-refractivity contribution in [1.82, 2.24) is 10.2 Å². The Morgan fingerprint density at radius 1 is 1.21 bits per heavy atom. The number of nitrogens with zero attached hydrogens (tertiary/aromatic N) is 1. The van der Waals surface area contributed by atoms with Crippen LogP contribution in [0.4, 0.5) is 4.39 Å². The van der Waals surface area contributed by atoms with Gasteiger partial charge in [-0.1, -0.05) is 37.3 Å². The number of amides is 1. The van der Waals surface area contributed by atoms with Gasteiger partial charge in [-0.2, -0.15) is 0 Å². The maximum atomic E-state index is 13.1. The standard InChI is InChI=1S/C23H29FN2O2/c1-18-4-3-12-26(16-18)17-20-9-7-19(8-10-20)15-25-23(27)11-13-28-22-6-2-5-21(24)14-22/h2,5-10,14,18H,3-4,11-13,15-17H2,1H3,(H,25,27)/t18-/m1/s1. The van der Waals surface area contributed by atoms with Gasteiger partial charge >= 0.3 is 0 Å². The van der Waals surface area contributed by atoms with Gasteiger partial charge in [0, 0.05) is 25.7 Å². The van der Waals surface area contributed by atoms with Gasteiger partial charge in [-0.05, 0) is 48.6 Å². The molecule has 150 valence electrons. The van der Waals surface area contributed by atoms with Crippen LogP contribution in [0.3, 0.4) is 0 Å². The topological polar surface area (TPSA) is 41.6 Å². The number of carbonyl (C=O) groups excluding carboxylic acids is 1. The maximum Gasteiger partial charge on any atom is 0.223 e.